The Bertz CT molecular complexity index is 1140. The summed E-state index contributed by atoms with van der Waals surface area (Å²) in [6.45, 7) is 0. The number of benzene rings is 1. The molecule has 0 unspecified atom stereocenters. The van der Waals surface area contributed by atoms with Gasteiger partial charge in [0.05, 0.1) is 10.2 Å². The van der Waals surface area contributed by atoms with Crippen molar-refractivity contribution in [1.29, 1.82) is 0 Å². The van der Waals surface area contributed by atoms with Crippen molar-refractivity contribution < 1.29 is 0 Å². The molecule has 8 nitrogen and oxygen atoms in total. The monoisotopic (exact) mass is 438 g/mol. The highest BCUT2D eigenvalue weighted by molar-refractivity contribution is 7.80. The number of imidazole rings is 3. The van der Waals surface area contributed by atoms with E-state index in [9.17, 15) is 0 Å². The Balaban J connectivity index is 0.000000150. The van der Waals surface area contributed by atoms with Crippen LogP contribution in [0.4, 0.5) is 5.13 Å². The first kappa shape index (κ1) is 19.1. The van der Waals surface area contributed by atoms with Crippen molar-refractivity contribution in [1.82, 2.24) is 33.6 Å². The van der Waals surface area contributed by atoms with E-state index in [0.29, 0.717) is 10.2 Å². The van der Waals surface area contributed by atoms with Gasteiger partial charge in [-0.25, -0.2) is 19.9 Å². The lowest BCUT2D eigenvalue weighted by Crippen LogP contribution is -2.17. The van der Waals surface area contributed by atoms with Gasteiger partial charge in [0.2, 0.25) is 0 Å². The zero-order valence-corrected chi connectivity index (χ0v) is 17.3. The molecule has 1 N–H and O–H groups in total. The summed E-state index contributed by atoms with van der Waals surface area (Å²) in [5.74, 6) is 0. The van der Waals surface area contributed by atoms with Gasteiger partial charge in [-0.1, -0.05) is 23.5 Å². The Labute approximate surface area is 180 Å². The lowest BCUT2D eigenvalue weighted by molar-refractivity contribution is 1.03. The summed E-state index contributed by atoms with van der Waals surface area (Å²) < 4.78 is 6.37. The summed E-state index contributed by atoms with van der Waals surface area (Å²) in [5, 5.41) is 5.11. The van der Waals surface area contributed by atoms with Crippen LogP contribution >= 0.6 is 35.8 Å². The number of anilines is 1. The summed E-state index contributed by atoms with van der Waals surface area (Å²) >= 11 is 12.0. The van der Waals surface area contributed by atoms with Gasteiger partial charge in [0.25, 0.3) is 0 Å². The number of hydrogen-bond acceptors (Lipinski definition) is 7. The molecule has 0 aliphatic carbocycles. The number of thiazole rings is 1. The van der Waals surface area contributed by atoms with Crippen LogP contribution in [0.3, 0.4) is 0 Å². The maximum absolute atomic E-state index is 5.24. The molecular formula is C18H14N8S3. The van der Waals surface area contributed by atoms with Crippen LogP contribution in [0.5, 0.6) is 0 Å². The van der Waals surface area contributed by atoms with Gasteiger partial charge in [0.15, 0.2) is 15.4 Å². The van der Waals surface area contributed by atoms with Gasteiger partial charge in [-0.3, -0.25) is 13.7 Å². The third kappa shape index (κ3) is 4.59. The normalized spacial score (nSPS) is 10.3. The third-order valence-electron chi connectivity index (χ3n) is 3.70. The number of thiocarbonyl (C=S) groups is 2. The van der Waals surface area contributed by atoms with Gasteiger partial charge in [-0.2, -0.15) is 0 Å². The molecule has 0 aliphatic heterocycles. The van der Waals surface area contributed by atoms with Gasteiger partial charge < -0.3 is 5.32 Å². The molecule has 0 saturated carbocycles. The number of aromatic nitrogens is 7. The van der Waals surface area contributed by atoms with E-state index in [1.807, 2.05) is 24.3 Å². The van der Waals surface area contributed by atoms with E-state index in [1.54, 1.807) is 81.2 Å². The van der Waals surface area contributed by atoms with Crippen molar-refractivity contribution in [3.8, 4) is 0 Å². The molecule has 11 heteroatoms. The van der Waals surface area contributed by atoms with Crippen molar-refractivity contribution in [2.24, 2.45) is 0 Å². The van der Waals surface area contributed by atoms with Crippen LogP contribution in [0, 0.1) is 0 Å². The zero-order chi connectivity index (χ0) is 20.1. The van der Waals surface area contributed by atoms with Crippen molar-refractivity contribution in [3.05, 3.63) is 80.4 Å². The van der Waals surface area contributed by atoms with Crippen LogP contribution < -0.4 is 5.32 Å². The predicted molar refractivity (Wildman–Crippen MR) is 121 cm³/mol. The second kappa shape index (κ2) is 8.82. The molecule has 0 aliphatic rings. The fourth-order valence-electron chi connectivity index (χ4n) is 2.34. The van der Waals surface area contributed by atoms with E-state index < -0.39 is 0 Å². The number of nitrogens with one attached hydrogen (secondary N) is 1. The molecule has 4 heterocycles. The molecule has 0 bridgehead atoms. The maximum Gasteiger partial charge on any atom is 0.190 e. The SMILES string of the molecule is S=C(Nc1nc2ccccc2s1)n1ccnc1.S=C(n1ccnc1)n1ccnc1. The molecule has 0 amide bonds. The highest BCUT2D eigenvalue weighted by atomic mass is 32.1. The molecule has 5 rings (SSSR count). The quantitative estimate of drug-likeness (QED) is 0.401. The summed E-state index contributed by atoms with van der Waals surface area (Å²) in [7, 11) is 0. The van der Waals surface area contributed by atoms with Crippen molar-refractivity contribution in [2.75, 3.05) is 5.32 Å². The highest BCUT2D eigenvalue weighted by Crippen LogP contribution is 2.25. The average molecular weight is 439 g/mol. The summed E-state index contributed by atoms with van der Waals surface area (Å²) in [6, 6.07) is 7.99. The number of rotatable bonds is 1. The number of nitrogens with zero attached hydrogens (tertiary/aromatic N) is 7. The Morgan fingerprint density at radius 1 is 0.828 bits per heavy atom. The largest absolute Gasteiger partial charge is 0.308 e. The molecule has 4 aromatic heterocycles. The summed E-state index contributed by atoms with van der Waals surface area (Å²) in [5.41, 5.74) is 0.980. The minimum atomic E-state index is 0.571. The standard InChI is InChI=1S/C11H8N4S2.C7H6N4S/c16-11(15-6-5-12-7-15)14-10-13-8-3-1-2-4-9(8)17-10;12-7(10-3-1-8-5-10)11-4-2-9-6-11/h1-7H,(H,13,14,16);1-6H. The van der Waals surface area contributed by atoms with Gasteiger partial charge >= 0.3 is 0 Å². The molecule has 0 spiro atoms. The fourth-order valence-corrected chi connectivity index (χ4v) is 3.69. The molecule has 0 saturated heterocycles. The second-order valence-electron chi connectivity index (χ2n) is 5.61. The first-order chi connectivity index (χ1) is 14.2. The molecule has 0 atom stereocenters. The van der Waals surface area contributed by atoms with Crippen LogP contribution in [0.25, 0.3) is 10.2 Å². The Morgan fingerprint density at radius 3 is 1.97 bits per heavy atom. The van der Waals surface area contributed by atoms with Gasteiger partial charge in [0.1, 0.15) is 19.0 Å². The molecular weight excluding hydrogens is 424 g/mol. The molecule has 0 radical (unpaired) electrons. The number of hydrogen-bond donors (Lipinski definition) is 1. The summed E-state index contributed by atoms with van der Waals surface area (Å²) in [6.07, 6.45) is 15.4. The molecule has 0 fully saturated rings. The van der Waals surface area contributed by atoms with Gasteiger partial charge in [0, 0.05) is 37.2 Å². The van der Waals surface area contributed by atoms with Crippen molar-refractivity contribution >= 4 is 61.3 Å². The Morgan fingerprint density at radius 2 is 1.41 bits per heavy atom. The van der Waals surface area contributed by atoms with Crippen LogP contribution in [-0.2, 0) is 0 Å². The Kier molecular flexibility index (Phi) is 5.79. The highest BCUT2D eigenvalue weighted by Gasteiger charge is 2.05. The minimum Gasteiger partial charge on any atom is -0.308 e. The second-order valence-corrected chi connectivity index (χ2v) is 7.39. The summed E-state index contributed by atoms with van der Waals surface area (Å²) in [4.78, 5) is 16.2. The number of para-hydroxylation sites is 1. The van der Waals surface area contributed by atoms with Crippen molar-refractivity contribution in [3.63, 3.8) is 0 Å². The Hall–Kier alpha value is -3.28. The minimum absolute atomic E-state index is 0.571. The molecule has 29 heavy (non-hydrogen) atoms. The zero-order valence-electron chi connectivity index (χ0n) is 14.9. The lowest BCUT2D eigenvalue weighted by atomic mass is 10.3. The van der Waals surface area contributed by atoms with E-state index in [0.717, 1.165) is 15.3 Å². The lowest BCUT2D eigenvalue weighted by Gasteiger charge is -2.03. The van der Waals surface area contributed by atoms with Crippen LogP contribution in [0.2, 0.25) is 0 Å². The van der Waals surface area contributed by atoms with Crippen LogP contribution in [0.1, 0.15) is 0 Å². The topological polar surface area (TPSA) is 78.4 Å². The van der Waals surface area contributed by atoms with E-state index >= 15 is 0 Å². The smallest absolute Gasteiger partial charge is 0.190 e. The van der Waals surface area contributed by atoms with E-state index in [1.165, 1.54) is 0 Å². The van der Waals surface area contributed by atoms with Crippen LogP contribution in [-0.4, -0.2) is 43.9 Å². The van der Waals surface area contributed by atoms with E-state index in [2.05, 4.69) is 25.3 Å². The van der Waals surface area contributed by atoms with E-state index in [-0.39, 0.29) is 0 Å². The maximum atomic E-state index is 5.24. The fraction of sp³-hybridized carbons (Fsp3) is 0. The van der Waals surface area contributed by atoms with Crippen molar-refractivity contribution in [2.45, 2.75) is 0 Å². The first-order valence-electron chi connectivity index (χ1n) is 8.36. The third-order valence-corrected chi connectivity index (χ3v) is 5.38. The first-order valence-corrected chi connectivity index (χ1v) is 9.99. The predicted octanol–water partition coefficient (Wildman–Crippen LogP) is 3.50. The number of fused-ring (bicyclic) bond motifs is 1. The van der Waals surface area contributed by atoms with Crippen LogP contribution in [0.15, 0.2) is 80.4 Å². The molecule has 1 aromatic carbocycles. The molecule has 144 valence electrons. The molecule has 5 aromatic rings. The average Bonchev–Trinajstić information content (AvgIpc) is 3.55. The van der Waals surface area contributed by atoms with E-state index in [4.69, 9.17) is 24.4 Å². The van der Waals surface area contributed by atoms with Gasteiger partial charge in [-0.15, -0.1) is 0 Å². The van der Waals surface area contributed by atoms with Gasteiger partial charge in [-0.05, 0) is 36.6 Å².